The summed E-state index contributed by atoms with van der Waals surface area (Å²) in [5, 5.41) is 10.5. The lowest BCUT2D eigenvalue weighted by Crippen LogP contribution is -2.08. The molecule has 1 fully saturated rings. The summed E-state index contributed by atoms with van der Waals surface area (Å²) >= 11 is 17.7. The van der Waals surface area contributed by atoms with E-state index in [0.717, 1.165) is 0 Å². The molecule has 1 nitrogen and oxygen atoms in total. The highest BCUT2D eigenvalue weighted by molar-refractivity contribution is 6.44. The van der Waals surface area contributed by atoms with Crippen LogP contribution in [0.25, 0.3) is 0 Å². The van der Waals surface area contributed by atoms with Crippen LogP contribution in [0.5, 0.6) is 0 Å². The van der Waals surface area contributed by atoms with Gasteiger partial charge in [-0.25, -0.2) is 0 Å². The van der Waals surface area contributed by atoms with Gasteiger partial charge in [0.15, 0.2) is 0 Å². The van der Waals surface area contributed by atoms with Gasteiger partial charge in [-0.15, -0.1) is 23.2 Å². The van der Waals surface area contributed by atoms with Gasteiger partial charge in [-0.2, -0.15) is 0 Å². The number of hydrogen-bond acceptors (Lipinski definition) is 1. The van der Waals surface area contributed by atoms with E-state index in [1.807, 2.05) is 12.1 Å². The van der Waals surface area contributed by atoms with Crippen LogP contribution in [-0.2, 0) is 0 Å². The molecule has 0 amide bonds. The maximum atomic E-state index is 9.80. The van der Waals surface area contributed by atoms with Crippen molar-refractivity contribution in [1.29, 1.82) is 0 Å². The first kappa shape index (κ1) is 14.5. The van der Waals surface area contributed by atoms with Crippen molar-refractivity contribution in [3.63, 3.8) is 0 Å². The Labute approximate surface area is 123 Å². The van der Waals surface area contributed by atoms with Gasteiger partial charge in [0.25, 0.3) is 0 Å². The molecule has 0 aromatic heterocycles. The van der Waals surface area contributed by atoms with Crippen molar-refractivity contribution in [2.45, 2.75) is 49.0 Å². The van der Waals surface area contributed by atoms with Gasteiger partial charge in [0.05, 0.1) is 0 Å². The van der Waals surface area contributed by atoms with Crippen LogP contribution < -0.4 is 0 Å². The Morgan fingerprint density at radius 1 is 1.11 bits per heavy atom. The van der Waals surface area contributed by atoms with Crippen LogP contribution in [0, 0.1) is 0 Å². The number of benzene rings is 1. The van der Waals surface area contributed by atoms with Gasteiger partial charge in [-0.1, -0.05) is 43.0 Å². The summed E-state index contributed by atoms with van der Waals surface area (Å²) in [7, 11) is 0. The zero-order valence-electron chi connectivity index (χ0n) is 10.1. The fourth-order valence-electron chi connectivity index (χ4n) is 2.62. The van der Waals surface area contributed by atoms with Crippen molar-refractivity contribution in [2.24, 2.45) is 0 Å². The van der Waals surface area contributed by atoms with Gasteiger partial charge < -0.3 is 5.11 Å². The van der Waals surface area contributed by atoms with E-state index in [4.69, 9.17) is 34.8 Å². The molecule has 100 valence electrons. The van der Waals surface area contributed by atoms with Crippen LogP contribution in [0.1, 0.15) is 55.3 Å². The third-order valence-corrected chi connectivity index (χ3v) is 4.45. The summed E-state index contributed by atoms with van der Waals surface area (Å²) in [6.07, 6.45) is 5.40. The van der Waals surface area contributed by atoms with Crippen molar-refractivity contribution in [3.05, 3.63) is 34.3 Å². The Morgan fingerprint density at radius 2 is 1.78 bits per heavy atom. The Hall–Kier alpha value is 0.0500. The maximum absolute atomic E-state index is 9.80. The second kappa shape index (κ2) is 6.47. The second-order valence-corrected chi connectivity index (χ2v) is 6.47. The predicted octanol–water partition coefficient (Wildman–Crippen LogP) is 5.22. The van der Waals surface area contributed by atoms with Crippen LogP contribution in [0.15, 0.2) is 18.2 Å². The van der Waals surface area contributed by atoms with E-state index in [0.29, 0.717) is 16.5 Å². The molecule has 0 saturated heterocycles. The van der Waals surface area contributed by atoms with Crippen molar-refractivity contribution in [2.75, 3.05) is 0 Å². The molecule has 1 aromatic rings. The third-order valence-electron chi connectivity index (χ3n) is 3.65. The lowest BCUT2D eigenvalue weighted by atomic mass is 9.83. The topological polar surface area (TPSA) is 20.2 Å². The first-order valence-electron chi connectivity index (χ1n) is 6.35. The molecular formula is C14H17Cl3O. The lowest BCUT2D eigenvalue weighted by Gasteiger charge is -2.23. The van der Waals surface area contributed by atoms with E-state index in [1.165, 1.54) is 37.7 Å². The number of alkyl halides is 2. The van der Waals surface area contributed by atoms with Crippen molar-refractivity contribution in [1.82, 2.24) is 0 Å². The van der Waals surface area contributed by atoms with E-state index >= 15 is 0 Å². The van der Waals surface area contributed by atoms with Crippen LogP contribution in [-0.4, -0.2) is 9.94 Å². The van der Waals surface area contributed by atoms with Crippen LogP contribution in [0.4, 0.5) is 0 Å². The summed E-state index contributed by atoms with van der Waals surface area (Å²) < 4.78 is 0. The van der Waals surface area contributed by atoms with Crippen LogP contribution in [0.2, 0.25) is 5.02 Å². The van der Waals surface area contributed by atoms with Gasteiger partial charge in [0, 0.05) is 5.02 Å². The molecule has 1 saturated carbocycles. The lowest BCUT2D eigenvalue weighted by molar-refractivity contribution is 0.193. The molecule has 1 atom stereocenters. The molecule has 0 bridgehead atoms. The summed E-state index contributed by atoms with van der Waals surface area (Å²) in [4.78, 5) is -0.832. The number of halogens is 3. The monoisotopic (exact) mass is 306 g/mol. The Kier molecular flexibility index (Phi) is 5.20. The Morgan fingerprint density at radius 3 is 2.33 bits per heavy atom. The highest BCUT2D eigenvalue weighted by atomic mass is 35.5. The van der Waals surface area contributed by atoms with Crippen molar-refractivity contribution >= 4 is 34.8 Å². The molecule has 0 radical (unpaired) electrons. The molecule has 0 aliphatic heterocycles. The molecule has 1 aliphatic carbocycles. The first-order valence-corrected chi connectivity index (χ1v) is 7.60. The normalized spacial score (nSPS) is 19.2. The van der Waals surface area contributed by atoms with E-state index in [2.05, 4.69) is 0 Å². The summed E-state index contributed by atoms with van der Waals surface area (Å²) in [6.45, 7) is 0. The van der Waals surface area contributed by atoms with Gasteiger partial charge >= 0.3 is 0 Å². The molecule has 1 aliphatic rings. The van der Waals surface area contributed by atoms with Gasteiger partial charge in [0.1, 0.15) is 10.9 Å². The minimum absolute atomic E-state index is 0.556. The molecule has 0 spiro atoms. The predicted molar refractivity (Wildman–Crippen MR) is 77.7 cm³/mol. The zero-order valence-corrected chi connectivity index (χ0v) is 12.3. The summed E-state index contributed by atoms with van der Waals surface area (Å²) in [5.41, 5.74) is 1.86. The Bertz CT molecular complexity index is 400. The molecular weight excluding hydrogens is 291 g/mol. The van der Waals surface area contributed by atoms with Gasteiger partial charge in [0.2, 0.25) is 0 Å². The summed E-state index contributed by atoms with van der Waals surface area (Å²) in [5.74, 6) is 0.556. The van der Waals surface area contributed by atoms with E-state index in [1.54, 1.807) is 6.07 Å². The average Bonchev–Trinajstić information content (AvgIpc) is 2.38. The highest BCUT2D eigenvalue weighted by Crippen LogP contribution is 2.37. The average molecular weight is 308 g/mol. The molecule has 18 heavy (non-hydrogen) atoms. The fraction of sp³-hybridized carbons (Fsp3) is 0.571. The minimum atomic E-state index is -0.883. The van der Waals surface area contributed by atoms with Gasteiger partial charge in [-0.3, -0.25) is 0 Å². The summed E-state index contributed by atoms with van der Waals surface area (Å²) in [6, 6.07) is 5.67. The van der Waals surface area contributed by atoms with Crippen LogP contribution in [0.3, 0.4) is 0 Å². The van der Waals surface area contributed by atoms with E-state index < -0.39 is 10.9 Å². The maximum Gasteiger partial charge on any atom is 0.137 e. The molecule has 1 N–H and O–H groups in total. The molecule has 2 rings (SSSR count). The number of aliphatic hydroxyl groups is 1. The quantitative estimate of drug-likeness (QED) is 0.759. The SMILES string of the molecule is OC(c1ccc(C2CCCCC2)c(Cl)c1)C(Cl)Cl. The third kappa shape index (κ3) is 3.33. The molecule has 4 heteroatoms. The smallest absolute Gasteiger partial charge is 0.137 e. The largest absolute Gasteiger partial charge is 0.386 e. The molecule has 0 heterocycles. The standard InChI is InChI=1S/C14H17Cl3O/c15-12-8-10(13(18)14(16)17)6-7-11(12)9-4-2-1-3-5-9/h6-9,13-14,18H,1-5H2. The highest BCUT2D eigenvalue weighted by Gasteiger charge is 2.21. The first-order chi connectivity index (χ1) is 8.59. The van der Waals surface area contributed by atoms with E-state index in [9.17, 15) is 5.11 Å². The van der Waals surface area contributed by atoms with Crippen molar-refractivity contribution < 1.29 is 5.11 Å². The number of rotatable bonds is 3. The Balaban J connectivity index is 2.19. The fourth-order valence-corrected chi connectivity index (χ4v) is 3.25. The number of hydrogen-bond donors (Lipinski definition) is 1. The molecule has 1 aromatic carbocycles. The zero-order chi connectivity index (χ0) is 13.1. The van der Waals surface area contributed by atoms with E-state index in [-0.39, 0.29) is 0 Å². The van der Waals surface area contributed by atoms with Gasteiger partial charge in [-0.05, 0) is 36.0 Å². The second-order valence-electron chi connectivity index (χ2n) is 4.90. The number of aliphatic hydroxyl groups excluding tert-OH is 1. The molecule has 1 unspecified atom stereocenters. The van der Waals surface area contributed by atoms with Crippen LogP contribution >= 0.6 is 34.8 Å². The van der Waals surface area contributed by atoms with Crippen molar-refractivity contribution in [3.8, 4) is 0 Å². The minimum Gasteiger partial charge on any atom is -0.386 e.